The number of likely N-dealkylation sites (N-methyl/N-ethyl adjacent to an activating group) is 1. The Labute approximate surface area is 115 Å². The van der Waals surface area contributed by atoms with E-state index in [0.29, 0.717) is 5.92 Å². The van der Waals surface area contributed by atoms with E-state index >= 15 is 0 Å². The van der Waals surface area contributed by atoms with Crippen molar-refractivity contribution in [2.24, 2.45) is 0 Å². The van der Waals surface area contributed by atoms with Gasteiger partial charge >= 0.3 is 0 Å². The van der Waals surface area contributed by atoms with Crippen LogP contribution in [0.3, 0.4) is 0 Å². The van der Waals surface area contributed by atoms with E-state index in [-0.39, 0.29) is 5.54 Å². The van der Waals surface area contributed by atoms with Crippen LogP contribution in [0.25, 0.3) is 0 Å². The van der Waals surface area contributed by atoms with Gasteiger partial charge in [-0.05, 0) is 53.9 Å². The quantitative estimate of drug-likeness (QED) is 0.908. The fourth-order valence-electron chi connectivity index (χ4n) is 2.36. The van der Waals surface area contributed by atoms with Gasteiger partial charge in [0.1, 0.15) is 0 Å². The summed E-state index contributed by atoms with van der Waals surface area (Å²) >= 11 is 1.82. The van der Waals surface area contributed by atoms with Crippen LogP contribution in [0.2, 0.25) is 0 Å². The number of hydrogen-bond acceptors (Lipinski definition) is 4. The van der Waals surface area contributed by atoms with Crippen molar-refractivity contribution in [3.8, 4) is 0 Å². The minimum atomic E-state index is 0.141. The summed E-state index contributed by atoms with van der Waals surface area (Å²) in [6.45, 7) is 6.87. The van der Waals surface area contributed by atoms with Gasteiger partial charge in [-0.25, -0.2) is 4.98 Å². The lowest BCUT2D eigenvalue weighted by molar-refractivity contribution is 0.253. The average molecular weight is 267 g/mol. The van der Waals surface area contributed by atoms with Crippen molar-refractivity contribution in [1.29, 1.82) is 0 Å². The fraction of sp³-hybridized carbons (Fsp3) is 0.786. The van der Waals surface area contributed by atoms with E-state index in [1.54, 1.807) is 0 Å². The molecule has 0 atom stereocenters. The van der Waals surface area contributed by atoms with Crippen LogP contribution < -0.4 is 5.32 Å². The molecule has 1 aromatic heterocycles. The van der Waals surface area contributed by atoms with E-state index < -0.39 is 0 Å². The zero-order valence-electron chi connectivity index (χ0n) is 12.0. The molecule has 0 bridgehead atoms. The summed E-state index contributed by atoms with van der Waals surface area (Å²) in [6.07, 6.45) is 3.53. The van der Waals surface area contributed by atoms with Crippen LogP contribution in [-0.4, -0.2) is 42.6 Å². The highest BCUT2D eigenvalue weighted by Gasteiger charge is 2.22. The lowest BCUT2D eigenvalue weighted by Crippen LogP contribution is -2.38. The largest absolute Gasteiger partial charge is 0.314 e. The first-order valence-corrected chi connectivity index (χ1v) is 7.70. The molecule has 0 unspecified atom stereocenters. The Morgan fingerprint density at radius 3 is 2.72 bits per heavy atom. The van der Waals surface area contributed by atoms with Gasteiger partial charge in [0, 0.05) is 23.3 Å². The van der Waals surface area contributed by atoms with Crippen molar-refractivity contribution in [1.82, 2.24) is 15.2 Å². The molecule has 2 heterocycles. The molecule has 0 spiro atoms. The highest BCUT2D eigenvalue weighted by Crippen LogP contribution is 2.29. The van der Waals surface area contributed by atoms with E-state index in [1.165, 1.54) is 36.6 Å². The normalized spacial score (nSPS) is 19.3. The second kappa shape index (κ2) is 5.68. The lowest BCUT2D eigenvalue weighted by atomic mass is 9.94. The number of nitrogens with zero attached hydrogens (tertiary/aromatic N) is 2. The minimum Gasteiger partial charge on any atom is -0.314 e. The molecule has 2 rings (SSSR count). The predicted octanol–water partition coefficient (Wildman–Crippen LogP) is 2.49. The Bertz CT molecular complexity index is 378. The second-order valence-corrected chi connectivity index (χ2v) is 7.00. The highest BCUT2D eigenvalue weighted by atomic mass is 32.1. The van der Waals surface area contributed by atoms with Gasteiger partial charge in [0.05, 0.1) is 10.7 Å². The molecule has 0 aliphatic carbocycles. The molecule has 3 nitrogen and oxygen atoms in total. The molecule has 1 fully saturated rings. The Hall–Kier alpha value is -0.450. The van der Waals surface area contributed by atoms with Crippen LogP contribution in [-0.2, 0) is 6.42 Å². The molecule has 1 saturated heterocycles. The van der Waals surface area contributed by atoms with E-state index in [0.717, 1.165) is 6.42 Å². The van der Waals surface area contributed by atoms with E-state index in [1.807, 2.05) is 18.4 Å². The van der Waals surface area contributed by atoms with Gasteiger partial charge in [0.15, 0.2) is 0 Å². The molecule has 0 radical (unpaired) electrons. The number of nitrogens with one attached hydrogen (secondary N) is 1. The van der Waals surface area contributed by atoms with E-state index in [9.17, 15) is 0 Å². The van der Waals surface area contributed by atoms with Crippen LogP contribution in [0.5, 0.6) is 0 Å². The fourth-order valence-corrected chi connectivity index (χ4v) is 3.47. The van der Waals surface area contributed by atoms with Crippen LogP contribution in [0.4, 0.5) is 0 Å². The molecule has 1 aliphatic heterocycles. The van der Waals surface area contributed by atoms with Gasteiger partial charge in [-0.3, -0.25) is 0 Å². The van der Waals surface area contributed by atoms with E-state index in [2.05, 4.69) is 36.5 Å². The summed E-state index contributed by atoms with van der Waals surface area (Å²) < 4.78 is 0. The van der Waals surface area contributed by atoms with Gasteiger partial charge in [0.2, 0.25) is 0 Å². The number of piperidine rings is 1. The summed E-state index contributed by atoms with van der Waals surface area (Å²) in [5, 5.41) is 6.89. The summed E-state index contributed by atoms with van der Waals surface area (Å²) in [5.74, 6) is 0.684. The van der Waals surface area contributed by atoms with Crippen molar-refractivity contribution in [3.05, 3.63) is 16.1 Å². The van der Waals surface area contributed by atoms with Gasteiger partial charge in [0.25, 0.3) is 0 Å². The third-order valence-electron chi connectivity index (χ3n) is 3.98. The maximum atomic E-state index is 4.85. The third kappa shape index (κ3) is 3.53. The Kier molecular flexibility index (Phi) is 4.41. The number of hydrogen-bond donors (Lipinski definition) is 1. The highest BCUT2D eigenvalue weighted by molar-refractivity contribution is 7.09. The topological polar surface area (TPSA) is 28.2 Å². The molecule has 0 amide bonds. The molecule has 4 heteroatoms. The van der Waals surface area contributed by atoms with Crippen molar-refractivity contribution in [2.75, 3.05) is 27.2 Å². The molecule has 1 aromatic rings. The third-order valence-corrected chi connectivity index (χ3v) is 4.84. The molecule has 1 N–H and O–H groups in total. The average Bonchev–Trinajstić information content (AvgIpc) is 2.78. The summed E-state index contributed by atoms with van der Waals surface area (Å²) in [7, 11) is 4.23. The maximum Gasteiger partial charge on any atom is 0.0946 e. The number of thiazole rings is 1. The zero-order valence-corrected chi connectivity index (χ0v) is 12.8. The molecular formula is C14H25N3S. The Morgan fingerprint density at radius 2 is 2.11 bits per heavy atom. The minimum absolute atomic E-state index is 0.141. The first kappa shape index (κ1) is 14.0. The summed E-state index contributed by atoms with van der Waals surface area (Å²) in [5.41, 5.74) is 1.47. The molecule has 18 heavy (non-hydrogen) atoms. The number of aromatic nitrogens is 1. The molecule has 0 saturated carbocycles. The predicted molar refractivity (Wildman–Crippen MR) is 78.4 cm³/mol. The summed E-state index contributed by atoms with van der Waals surface area (Å²) in [4.78, 5) is 7.26. The van der Waals surface area contributed by atoms with Crippen molar-refractivity contribution in [3.63, 3.8) is 0 Å². The SMILES string of the molecule is CNC(C)(C)Cc1nc(C2CCN(C)CC2)cs1. The first-order valence-electron chi connectivity index (χ1n) is 6.82. The van der Waals surface area contributed by atoms with Crippen molar-refractivity contribution in [2.45, 2.75) is 44.6 Å². The molecular weight excluding hydrogens is 242 g/mol. The van der Waals surface area contributed by atoms with Crippen LogP contribution in [0.15, 0.2) is 5.38 Å². The van der Waals surface area contributed by atoms with Crippen LogP contribution in [0, 0.1) is 0 Å². The zero-order chi connectivity index (χ0) is 13.2. The molecule has 102 valence electrons. The summed E-state index contributed by atoms with van der Waals surface area (Å²) in [6, 6.07) is 0. The number of likely N-dealkylation sites (tertiary alicyclic amines) is 1. The standard InChI is InChI=1S/C14H25N3S/c1-14(2,15-3)9-13-16-12(10-18-13)11-5-7-17(4)8-6-11/h10-11,15H,5-9H2,1-4H3. The Morgan fingerprint density at radius 1 is 1.44 bits per heavy atom. The van der Waals surface area contributed by atoms with Crippen LogP contribution in [0.1, 0.15) is 43.3 Å². The first-order chi connectivity index (χ1) is 8.50. The molecule has 1 aliphatic rings. The molecule has 0 aromatic carbocycles. The number of rotatable bonds is 4. The van der Waals surface area contributed by atoms with Gasteiger partial charge in [-0.2, -0.15) is 0 Å². The Balaban J connectivity index is 1.98. The second-order valence-electron chi connectivity index (χ2n) is 6.05. The van der Waals surface area contributed by atoms with Gasteiger partial charge in [-0.1, -0.05) is 0 Å². The van der Waals surface area contributed by atoms with Crippen LogP contribution >= 0.6 is 11.3 Å². The van der Waals surface area contributed by atoms with E-state index in [4.69, 9.17) is 4.98 Å². The smallest absolute Gasteiger partial charge is 0.0946 e. The van der Waals surface area contributed by atoms with Crippen molar-refractivity contribution < 1.29 is 0 Å². The maximum absolute atomic E-state index is 4.85. The lowest BCUT2D eigenvalue weighted by Gasteiger charge is -2.27. The van der Waals surface area contributed by atoms with Gasteiger partial charge < -0.3 is 10.2 Å². The monoisotopic (exact) mass is 267 g/mol. The van der Waals surface area contributed by atoms with Crippen molar-refractivity contribution >= 4 is 11.3 Å². The van der Waals surface area contributed by atoms with Gasteiger partial charge in [-0.15, -0.1) is 11.3 Å².